The van der Waals surface area contributed by atoms with Crippen LogP contribution in [0.2, 0.25) is 0 Å². The van der Waals surface area contributed by atoms with Crippen molar-refractivity contribution in [3.05, 3.63) is 100.0 Å². The Morgan fingerprint density at radius 3 is 2.31 bits per heavy atom. The zero-order chi connectivity index (χ0) is 22.7. The lowest BCUT2D eigenvalue weighted by atomic mass is 9.99. The highest BCUT2D eigenvalue weighted by atomic mass is 19.4. The summed E-state index contributed by atoms with van der Waals surface area (Å²) in [6.45, 7) is 2.03. The molecule has 0 N–H and O–H groups in total. The number of pyridine rings is 1. The van der Waals surface area contributed by atoms with Gasteiger partial charge in [-0.2, -0.15) is 13.2 Å². The summed E-state index contributed by atoms with van der Waals surface area (Å²) < 4.78 is 45.1. The van der Waals surface area contributed by atoms with E-state index in [2.05, 4.69) is 18.0 Å². The van der Waals surface area contributed by atoms with E-state index in [1.807, 2.05) is 24.3 Å². The SMILES string of the molecule is CN1CC=C(c2ccc(-n3ccc(OCc4ccc(C(F)(F)F)cc4)cc3=O)cc2)CC1. The maximum absolute atomic E-state index is 12.7. The zero-order valence-corrected chi connectivity index (χ0v) is 17.6. The molecule has 4 rings (SSSR count). The number of hydrogen-bond donors (Lipinski definition) is 0. The second-order valence-corrected chi connectivity index (χ2v) is 7.84. The second kappa shape index (κ2) is 9.04. The minimum atomic E-state index is -4.37. The van der Waals surface area contributed by atoms with E-state index in [1.54, 1.807) is 12.3 Å². The molecule has 0 radical (unpaired) electrons. The average Bonchev–Trinajstić information content (AvgIpc) is 2.78. The highest BCUT2D eigenvalue weighted by Gasteiger charge is 2.29. The van der Waals surface area contributed by atoms with Crippen LogP contribution in [-0.2, 0) is 12.8 Å². The van der Waals surface area contributed by atoms with Crippen LogP contribution in [0, 0.1) is 0 Å². The smallest absolute Gasteiger partial charge is 0.416 e. The Balaban J connectivity index is 1.42. The van der Waals surface area contributed by atoms with Crippen molar-refractivity contribution in [2.75, 3.05) is 20.1 Å². The Bertz CT molecular complexity index is 1160. The molecule has 0 saturated heterocycles. The molecule has 0 unspecified atom stereocenters. The lowest BCUT2D eigenvalue weighted by Crippen LogP contribution is -2.23. The summed E-state index contributed by atoms with van der Waals surface area (Å²) in [5, 5.41) is 0. The monoisotopic (exact) mass is 440 g/mol. The van der Waals surface area contributed by atoms with E-state index in [9.17, 15) is 18.0 Å². The average molecular weight is 440 g/mol. The van der Waals surface area contributed by atoms with E-state index < -0.39 is 11.7 Å². The van der Waals surface area contributed by atoms with Crippen molar-refractivity contribution in [1.29, 1.82) is 0 Å². The number of aromatic nitrogens is 1. The fourth-order valence-corrected chi connectivity index (χ4v) is 3.59. The van der Waals surface area contributed by atoms with Crippen LogP contribution in [0.3, 0.4) is 0 Å². The predicted octanol–water partition coefficient (Wildman–Crippen LogP) is 5.15. The van der Waals surface area contributed by atoms with Crippen molar-refractivity contribution in [2.24, 2.45) is 0 Å². The number of likely N-dealkylation sites (N-methyl/N-ethyl adjacent to an activating group) is 1. The fraction of sp³-hybridized carbons (Fsp3) is 0.240. The molecule has 0 bridgehead atoms. The van der Waals surface area contributed by atoms with Gasteiger partial charge in [-0.05, 0) is 60.5 Å². The van der Waals surface area contributed by atoms with Crippen LogP contribution in [0.25, 0.3) is 11.3 Å². The van der Waals surface area contributed by atoms with Crippen molar-refractivity contribution in [3.63, 3.8) is 0 Å². The van der Waals surface area contributed by atoms with Crippen LogP contribution in [-0.4, -0.2) is 29.6 Å². The fourth-order valence-electron chi connectivity index (χ4n) is 3.59. The first-order valence-corrected chi connectivity index (χ1v) is 10.3. The minimum Gasteiger partial charge on any atom is -0.489 e. The first kappa shape index (κ1) is 21.9. The van der Waals surface area contributed by atoms with E-state index in [0.29, 0.717) is 11.3 Å². The topological polar surface area (TPSA) is 34.5 Å². The van der Waals surface area contributed by atoms with E-state index >= 15 is 0 Å². The summed E-state index contributed by atoms with van der Waals surface area (Å²) in [5.41, 5.74) is 2.85. The standard InChI is InChI=1S/C25H23F3N2O2/c1-29-13-10-20(11-14-29)19-4-8-22(9-5-19)30-15-12-23(16-24(30)31)32-17-18-2-6-21(7-3-18)25(26,27)28/h2-10,12,15-16H,11,13-14,17H2,1H3. The van der Waals surface area contributed by atoms with Gasteiger partial charge in [-0.15, -0.1) is 0 Å². The van der Waals surface area contributed by atoms with Gasteiger partial charge in [-0.25, -0.2) is 0 Å². The van der Waals surface area contributed by atoms with Crippen molar-refractivity contribution < 1.29 is 17.9 Å². The van der Waals surface area contributed by atoms with Crippen molar-refractivity contribution in [3.8, 4) is 11.4 Å². The van der Waals surface area contributed by atoms with Crippen LogP contribution >= 0.6 is 0 Å². The molecule has 32 heavy (non-hydrogen) atoms. The molecule has 7 heteroatoms. The lowest BCUT2D eigenvalue weighted by molar-refractivity contribution is -0.137. The first-order chi connectivity index (χ1) is 15.3. The quantitative estimate of drug-likeness (QED) is 0.550. The van der Waals surface area contributed by atoms with Crippen molar-refractivity contribution in [1.82, 2.24) is 9.47 Å². The summed E-state index contributed by atoms with van der Waals surface area (Å²) in [6, 6.07) is 15.7. The van der Waals surface area contributed by atoms with Gasteiger partial charge in [0.15, 0.2) is 0 Å². The third kappa shape index (κ3) is 5.11. The van der Waals surface area contributed by atoms with Crippen LogP contribution in [0.5, 0.6) is 5.75 Å². The zero-order valence-electron chi connectivity index (χ0n) is 17.6. The van der Waals surface area contributed by atoms with Gasteiger partial charge in [0.25, 0.3) is 5.56 Å². The molecular formula is C25H23F3N2O2. The van der Waals surface area contributed by atoms with Gasteiger partial charge in [0.2, 0.25) is 0 Å². The summed E-state index contributed by atoms with van der Waals surface area (Å²) in [6.07, 6.45) is 0.495. The van der Waals surface area contributed by atoms with Crippen LogP contribution in [0.1, 0.15) is 23.1 Å². The van der Waals surface area contributed by atoms with E-state index in [-0.39, 0.29) is 12.2 Å². The molecule has 0 fully saturated rings. The number of halogens is 3. The maximum Gasteiger partial charge on any atom is 0.416 e. The molecule has 1 aliphatic heterocycles. The second-order valence-electron chi connectivity index (χ2n) is 7.84. The molecule has 0 saturated carbocycles. The third-order valence-corrected chi connectivity index (χ3v) is 5.51. The number of rotatable bonds is 5. The van der Waals surface area contributed by atoms with Gasteiger partial charge in [0.05, 0.1) is 5.56 Å². The number of alkyl halides is 3. The van der Waals surface area contributed by atoms with Crippen LogP contribution in [0.15, 0.2) is 77.7 Å². The summed E-state index contributed by atoms with van der Waals surface area (Å²) in [5.74, 6) is 0.360. The normalized spacial score (nSPS) is 14.8. The molecule has 166 valence electrons. The Labute approximate surface area is 184 Å². The summed E-state index contributed by atoms with van der Waals surface area (Å²) >= 11 is 0. The van der Waals surface area contributed by atoms with E-state index in [1.165, 1.54) is 28.3 Å². The van der Waals surface area contributed by atoms with Crippen LogP contribution < -0.4 is 10.3 Å². The lowest BCUT2D eigenvalue weighted by Gasteiger charge is -2.22. The molecule has 0 aliphatic carbocycles. The maximum atomic E-state index is 12.7. The first-order valence-electron chi connectivity index (χ1n) is 10.3. The molecule has 1 aliphatic rings. The highest BCUT2D eigenvalue weighted by molar-refractivity contribution is 5.67. The molecule has 2 aromatic carbocycles. The van der Waals surface area contributed by atoms with Crippen LogP contribution in [0.4, 0.5) is 13.2 Å². The molecule has 2 heterocycles. The molecular weight excluding hydrogens is 417 g/mol. The van der Waals surface area contributed by atoms with Gasteiger partial charge in [0.1, 0.15) is 12.4 Å². The van der Waals surface area contributed by atoms with E-state index in [4.69, 9.17) is 4.74 Å². The Morgan fingerprint density at radius 2 is 1.72 bits per heavy atom. The molecule has 4 nitrogen and oxygen atoms in total. The summed E-state index contributed by atoms with van der Waals surface area (Å²) in [7, 11) is 2.10. The van der Waals surface area contributed by atoms with Crippen molar-refractivity contribution in [2.45, 2.75) is 19.2 Å². The van der Waals surface area contributed by atoms with Crippen molar-refractivity contribution >= 4 is 5.57 Å². The number of hydrogen-bond acceptors (Lipinski definition) is 3. The number of ether oxygens (including phenoxy) is 1. The Hall–Kier alpha value is -3.32. The van der Waals surface area contributed by atoms with Gasteiger partial charge in [-0.1, -0.05) is 30.3 Å². The van der Waals surface area contributed by atoms with Gasteiger partial charge in [0, 0.05) is 31.0 Å². The molecule has 3 aromatic rings. The molecule has 0 amide bonds. The Morgan fingerprint density at radius 1 is 1.00 bits per heavy atom. The number of nitrogens with zero attached hydrogens (tertiary/aromatic N) is 2. The van der Waals surface area contributed by atoms with E-state index in [0.717, 1.165) is 42.9 Å². The summed E-state index contributed by atoms with van der Waals surface area (Å²) in [4.78, 5) is 14.8. The largest absolute Gasteiger partial charge is 0.489 e. The molecule has 0 spiro atoms. The van der Waals surface area contributed by atoms with Gasteiger partial charge < -0.3 is 9.64 Å². The predicted molar refractivity (Wildman–Crippen MR) is 118 cm³/mol. The molecule has 1 aromatic heterocycles. The number of benzene rings is 2. The Kier molecular flexibility index (Phi) is 6.19. The van der Waals surface area contributed by atoms with Gasteiger partial charge in [-0.3, -0.25) is 9.36 Å². The van der Waals surface area contributed by atoms with Gasteiger partial charge >= 0.3 is 6.18 Å². The third-order valence-electron chi connectivity index (χ3n) is 5.51. The highest BCUT2D eigenvalue weighted by Crippen LogP contribution is 2.29. The molecule has 0 atom stereocenters. The minimum absolute atomic E-state index is 0.0700.